The quantitative estimate of drug-likeness (QED) is 0.325. The summed E-state index contributed by atoms with van der Waals surface area (Å²) in [5.41, 5.74) is 4.05. The van der Waals surface area contributed by atoms with Crippen LogP contribution in [0.4, 0.5) is 0 Å². The van der Waals surface area contributed by atoms with Crippen molar-refractivity contribution in [1.82, 2.24) is 5.43 Å². The summed E-state index contributed by atoms with van der Waals surface area (Å²) < 4.78 is 6.12. The molecule has 0 radical (unpaired) electrons. The second-order valence-electron chi connectivity index (χ2n) is 5.29. The van der Waals surface area contributed by atoms with Crippen molar-refractivity contribution in [3.05, 3.63) is 12.2 Å². The van der Waals surface area contributed by atoms with Gasteiger partial charge in [-0.1, -0.05) is 31.3 Å². The molecule has 1 unspecified atom stereocenters. The van der Waals surface area contributed by atoms with Crippen LogP contribution in [-0.4, -0.2) is 18.2 Å². The summed E-state index contributed by atoms with van der Waals surface area (Å²) in [6.45, 7) is 8.89. The molecule has 0 bridgehead atoms. The maximum atomic E-state index is 6.12. The largest absolute Gasteiger partial charge is 0.374 e. The maximum absolute atomic E-state index is 6.12. The van der Waals surface area contributed by atoms with Crippen molar-refractivity contribution in [3.63, 3.8) is 0 Å². The first-order valence-electron chi connectivity index (χ1n) is 6.89. The molecule has 0 aromatic carbocycles. The van der Waals surface area contributed by atoms with Crippen LogP contribution in [0.1, 0.15) is 58.8 Å². The molecule has 3 N–H and O–H groups in total. The summed E-state index contributed by atoms with van der Waals surface area (Å²) in [5, 5.41) is 0. The highest BCUT2D eigenvalue weighted by molar-refractivity contribution is 5.02. The lowest BCUT2D eigenvalue weighted by Gasteiger charge is -2.40. The Bertz CT molecular complexity index is 232. The SMILES string of the molecule is C=C(C)CC(NN)C1(OCC)CCCCCC1. The minimum atomic E-state index is -0.0844. The molecule has 100 valence electrons. The van der Waals surface area contributed by atoms with Crippen molar-refractivity contribution in [1.29, 1.82) is 0 Å². The third kappa shape index (κ3) is 4.09. The molecule has 1 aliphatic carbocycles. The summed E-state index contributed by atoms with van der Waals surface area (Å²) in [6.07, 6.45) is 8.25. The molecule has 1 saturated carbocycles. The van der Waals surface area contributed by atoms with Gasteiger partial charge in [0.1, 0.15) is 0 Å². The second-order valence-corrected chi connectivity index (χ2v) is 5.29. The number of rotatable bonds is 6. The van der Waals surface area contributed by atoms with Gasteiger partial charge in [-0.3, -0.25) is 11.3 Å². The molecule has 0 aromatic heterocycles. The fourth-order valence-corrected chi connectivity index (χ4v) is 2.95. The summed E-state index contributed by atoms with van der Waals surface area (Å²) in [6, 6.07) is 0.193. The lowest BCUT2D eigenvalue weighted by atomic mass is 9.83. The highest BCUT2D eigenvalue weighted by atomic mass is 16.5. The lowest BCUT2D eigenvalue weighted by molar-refractivity contribution is -0.0767. The van der Waals surface area contributed by atoms with Crippen LogP contribution < -0.4 is 11.3 Å². The third-order valence-electron chi connectivity index (χ3n) is 3.77. The van der Waals surface area contributed by atoms with Gasteiger partial charge < -0.3 is 4.74 Å². The molecule has 0 heterocycles. The Morgan fingerprint density at radius 3 is 2.35 bits per heavy atom. The Hall–Kier alpha value is -0.380. The van der Waals surface area contributed by atoms with E-state index < -0.39 is 0 Å². The predicted octanol–water partition coefficient (Wildman–Crippen LogP) is 2.91. The maximum Gasteiger partial charge on any atom is 0.0851 e. The van der Waals surface area contributed by atoms with Gasteiger partial charge >= 0.3 is 0 Å². The first-order valence-corrected chi connectivity index (χ1v) is 6.89. The zero-order chi connectivity index (χ0) is 12.7. The van der Waals surface area contributed by atoms with E-state index in [4.69, 9.17) is 10.6 Å². The molecular formula is C14H28N2O. The molecule has 0 spiro atoms. The van der Waals surface area contributed by atoms with E-state index in [-0.39, 0.29) is 11.6 Å². The number of hydrazine groups is 1. The Labute approximate surface area is 106 Å². The molecule has 17 heavy (non-hydrogen) atoms. The van der Waals surface area contributed by atoms with Gasteiger partial charge in [0, 0.05) is 6.61 Å². The van der Waals surface area contributed by atoms with Crippen molar-refractivity contribution in [2.75, 3.05) is 6.61 Å². The number of hydrogen-bond acceptors (Lipinski definition) is 3. The van der Waals surface area contributed by atoms with Crippen LogP contribution in [0.3, 0.4) is 0 Å². The van der Waals surface area contributed by atoms with Gasteiger partial charge in [-0.15, -0.1) is 6.58 Å². The van der Waals surface area contributed by atoms with Gasteiger partial charge in [0.05, 0.1) is 11.6 Å². The normalized spacial score (nSPS) is 21.8. The first kappa shape index (κ1) is 14.7. The van der Waals surface area contributed by atoms with Crippen LogP contribution in [0, 0.1) is 0 Å². The molecule has 1 atom stereocenters. The topological polar surface area (TPSA) is 47.3 Å². The summed E-state index contributed by atoms with van der Waals surface area (Å²) >= 11 is 0. The van der Waals surface area contributed by atoms with E-state index in [2.05, 4.69) is 25.9 Å². The van der Waals surface area contributed by atoms with Gasteiger partial charge in [0.15, 0.2) is 0 Å². The Morgan fingerprint density at radius 1 is 1.35 bits per heavy atom. The van der Waals surface area contributed by atoms with Crippen molar-refractivity contribution in [2.45, 2.75) is 70.4 Å². The first-order chi connectivity index (χ1) is 8.14. The Balaban J connectivity index is 2.81. The predicted molar refractivity (Wildman–Crippen MR) is 72.6 cm³/mol. The Kier molecular flexibility index (Phi) is 6.17. The van der Waals surface area contributed by atoms with E-state index in [1.807, 2.05) is 0 Å². The van der Waals surface area contributed by atoms with Crippen LogP contribution in [0.25, 0.3) is 0 Å². The van der Waals surface area contributed by atoms with E-state index in [0.29, 0.717) is 0 Å². The van der Waals surface area contributed by atoms with Crippen LogP contribution in [0.5, 0.6) is 0 Å². The van der Waals surface area contributed by atoms with Crippen LogP contribution >= 0.6 is 0 Å². The van der Waals surface area contributed by atoms with Crippen LogP contribution in [0.2, 0.25) is 0 Å². The van der Waals surface area contributed by atoms with Gasteiger partial charge in [-0.05, 0) is 33.1 Å². The average Bonchev–Trinajstić information content (AvgIpc) is 2.52. The van der Waals surface area contributed by atoms with Crippen molar-refractivity contribution < 1.29 is 4.74 Å². The van der Waals surface area contributed by atoms with Crippen molar-refractivity contribution in [3.8, 4) is 0 Å². The number of nitrogens with one attached hydrogen (secondary N) is 1. The molecule has 0 aromatic rings. The van der Waals surface area contributed by atoms with E-state index in [9.17, 15) is 0 Å². The Morgan fingerprint density at radius 2 is 1.94 bits per heavy atom. The standard InChI is InChI=1S/C14H28N2O/c1-4-17-14(9-7-5-6-8-10-14)13(16-15)11-12(2)3/h13,16H,2,4-11,15H2,1,3H3. The summed E-state index contributed by atoms with van der Waals surface area (Å²) in [7, 11) is 0. The number of nitrogens with two attached hydrogens (primary N) is 1. The zero-order valence-electron chi connectivity index (χ0n) is 11.4. The molecule has 3 heteroatoms. The fourth-order valence-electron chi connectivity index (χ4n) is 2.95. The smallest absolute Gasteiger partial charge is 0.0851 e. The molecule has 0 amide bonds. The second kappa shape index (κ2) is 7.14. The monoisotopic (exact) mass is 240 g/mol. The van der Waals surface area contributed by atoms with E-state index in [1.165, 1.54) is 25.7 Å². The highest BCUT2D eigenvalue weighted by Gasteiger charge is 2.39. The lowest BCUT2D eigenvalue weighted by Crippen LogP contribution is -2.55. The van der Waals surface area contributed by atoms with Crippen LogP contribution in [-0.2, 0) is 4.74 Å². The van der Waals surface area contributed by atoms with E-state index >= 15 is 0 Å². The van der Waals surface area contributed by atoms with E-state index in [0.717, 1.165) is 31.4 Å². The summed E-state index contributed by atoms with van der Waals surface area (Å²) in [5.74, 6) is 5.75. The van der Waals surface area contributed by atoms with Gasteiger partial charge in [-0.25, -0.2) is 0 Å². The molecular weight excluding hydrogens is 212 g/mol. The molecule has 1 aliphatic rings. The van der Waals surface area contributed by atoms with Crippen LogP contribution in [0.15, 0.2) is 12.2 Å². The molecule has 0 saturated heterocycles. The highest BCUT2D eigenvalue weighted by Crippen LogP contribution is 2.35. The molecule has 3 nitrogen and oxygen atoms in total. The average molecular weight is 240 g/mol. The number of ether oxygens (including phenoxy) is 1. The minimum Gasteiger partial charge on any atom is -0.374 e. The van der Waals surface area contributed by atoms with Gasteiger partial charge in [0.2, 0.25) is 0 Å². The van der Waals surface area contributed by atoms with Crippen molar-refractivity contribution in [2.24, 2.45) is 5.84 Å². The zero-order valence-corrected chi connectivity index (χ0v) is 11.4. The van der Waals surface area contributed by atoms with Gasteiger partial charge in [0.25, 0.3) is 0 Å². The molecule has 0 aliphatic heterocycles. The number of hydrogen-bond donors (Lipinski definition) is 2. The fraction of sp³-hybridized carbons (Fsp3) is 0.857. The molecule has 1 rings (SSSR count). The van der Waals surface area contributed by atoms with Gasteiger partial charge in [-0.2, -0.15) is 0 Å². The molecule has 1 fully saturated rings. The minimum absolute atomic E-state index is 0.0844. The third-order valence-corrected chi connectivity index (χ3v) is 3.77. The van der Waals surface area contributed by atoms with Crippen molar-refractivity contribution >= 4 is 0 Å². The van der Waals surface area contributed by atoms with E-state index in [1.54, 1.807) is 0 Å². The summed E-state index contributed by atoms with van der Waals surface area (Å²) in [4.78, 5) is 0.